The Morgan fingerprint density at radius 1 is 1.39 bits per heavy atom. The van der Waals surface area contributed by atoms with Crippen LogP contribution >= 0.6 is 7.60 Å². The van der Waals surface area contributed by atoms with Gasteiger partial charge in [0.2, 0.25) is 0 Å². The lowest BCUT2D eigenvalue weighted by atomic mass is 10.2. The van der Waals surface area contributed by atoms with Crippen molar-refractivity contribution in [3.05, 3.63) is 47.5 Å². The van der Waals surface area contributed by atoms with Gasteiger partial charge in [0.05, 0.1) is 6.16 Å². The number of hydrogen-bond acceptors (Lipinski definition) is 2. The summed E-state index contributed by atoms with van der Waals surface area (Å²) in [6, 6.07) is 10.1. The minimum Gasteiger partial charge on any atom is -0.324 e. The first kappa shape index (κ1) is 15.1. The first-order chi connectivity index (χ1) is 8.37. The fourth-order valence-electron chi connectivity index (χ4n) is 1.74. The molecule has 0 aliphatic carbocycles. The van der Waals surface area contributed by atoms with Crippen LogP contribution in [0.1, 0.15) is 19.4 Å². The first-order valence-electron chi connectivity index (χ1n) is 5.86. The van der Waals surface area contributed by atoms with Crippen LogP contribution in [0.15, 0.2) is 42.0 Å². The molecule has 1 rings (SSSR count). The Bertz CT molecular complexity index is 439. The molecule has 1 unspecified atom stereocenters. The highest BCUT2D eigenvalue weighted by atomic mass is 31.2. The molecule has 4 nitrogen and oxygen atoms in total. The molecule has 0 heterocycles. The van der Waals surface area contributed by atoms with Gasteiger partial charge in [-0.15, -0.1) is 0 Å². The molecule has 0 saturated heterocycles. The Labute approximate surface area is 108 Å². The summed E-state index contributed by atoms with van der Waals surface area (Å²) < 4.78 is 10.8. The number of hydrogen-bond donors (Lipinski definition) is 3. The maximum Gasteiger partial charge on any atom is 0.329 e. The summed E-state index contributed by atoms with van der Waals surface area (Å²) in [7, 11) is -3.95. The van der Waals surface area contributed by atoms with E-state index in [-0.39, 0.29) is 12.2 Å². The largest absolute Gasteiger partial charge is 0.329 e. The summed E-state index contributed by atoms with van der Waals surface area (Å²) in [5.41, 5.74) is 1.89. The Morgan fingerprint density at radius 2 is 2.00 bits per heavy atom. The SMILES string of the molecule is CC(=CC(C)NCc1ccccc1)CP(=O)(O)O. The molecule has 1 atom stereocenters. The zero-order valence-electron chi connectivity index (χ0n) is 10.7. The number of rotatable bonds is 6. The van der Waals surface area contributed by atoms with Gasteiger partial charge in [0.25, 0.3) is 0 Å². The van der Waals surface area contributed by atoms with E-state index in [4.69, 9.17) is 9.79 Å². The lowest BCUT2D eigenvalue weighted by Crippen LogP contribution is -2.23. The molecule has 0 saturated carbocycles. The van der Waals surface area contributed by atoms with Crippen LogP contribution in [0, 0.1) is 0 Å². The molecule has 18 heavy (non-hydrogen) atoms. The summed E-state index contributed by atoms with van der Waals surface area (Å²) in [4.78, 5) is 17.7. The van der Waals surface area contributed by atoms with E-state index >= 15 is 0 Å². The van der Waals surface area contributed by atoms with Crippen LogP contribution in [0.4, 0.5) is 0 Å². The Kier molecular flexibility index (Phi) is 5.76. The van der Waals surface area contributed by atoms with Crippen molar-refractivity contribution < 1.29 is 14.4 Å². The van der Waals surface area contributed by atoms with Gasteiger partial charge < -0.3 is 15.1 Å². The Balaban J connectivity index is 2.44. The van der Waals surface area contributed by atoms with Crippen molar-refractivity contribution >= 4 is 7.60 Å². The minimum absolute atomic E-state index is 0.0803. The minimum atomic E-state index is -3.95. The van der Waals surface area contributed by atoms with Crippen LogP contribution in [0.5, 0.6) is 0 Å². The lowest BCUT2D eigenvalue weighted by Gasteiger charge is -2.12. The molecule has 0 aliphatic rings. The van der Waals surface area contributed by atoms with Gasteiger partial charge in [-0.05, 0) is 19.4 Å². The molecular formula is C13H20NO3P. The third kappa shape index (κ3) is 6.72. The maximum absolute atomic E-state index is 10.8. The highest BCUT2D eigenvalue weighted by molar-refractivity contribution is 7.52. The standard InChI is InChI=1S/C13H20NO3P/c1-11(10-18(15,16)17)8-12(2)14-9-13-6-4-3-5-7-13/h3-8,12,14H,9-10H2,1-2H3,(H2,15,16,17). The van der Waals surface area contributed by atoms with Crippen LogP contribution in [0.3, 0.4) is 0 Å². The molecule has 0 aliphatic heterocycles. The smallest absolute Gasteiger partial charge is 0.324 e. The van der Waals surface area contributed by atoms with Gasteiger partial charge in [-0.1, -0.05) is 42.0 Å². The monoisotopic (exact) mass is 269 g/mol. The van der Waals surface area contributed by atoms with Crippen LogP contribution in [-0.2, 0) is 11.1 Å². The van der Waals surface area contributed by atoms with Gasteiger partial charge in [0.1, 0.15) is 0 Å². The summed E-state index contributed by atoms with van der Waals surface area (Å²) in [6.45, 7) is 4.44. The van der Waals surface area contributed by atoms with Crippen molar-refractivity contribution in [3.8, 4) is 0 Å². The molecule has 0 fully saturated rings. The van der Waals surface area contributed by atoms with E-state index < -0.39 is 7.60 Å². The van der Waals surface area contributed by atoms with Crippen molar-refractivity contribution in [1.82, 2.24) is 5.32 Å². The van der Waals surface area contributed by atoms with E-state index in [9.17, 15) is 4.57 Å². The molecule has 3 N–H and O–H groups in total. The molecule has 100 valence electrons. The zero-order chi connectivity index (χ0) is 13.6. The number of allylic oxidation sites excluding steroid dienone is 1. The average Bonchev–Trinajstić information content (AvgIpc) is 2.25. The normalized spacial score (nSPS) is 14.6. The van der Waals surface area contributed by atoms with Gasteiger partial charge in [-0.3, -0.25) is 4.57 Å². The van der Waals surface area contributed by atoms with E-state index in [1.165, 1.54) is 5.56 Å². The van der Waals surface area contributed by atoms with Crippen LogP contribution < -0.4 is 5.32 Å². The van der Waals surface area contributed by atoms with E-state index in [0.29, 0.717) is 5.57 Å². The highest BCUT2D eigenvalue weighted by Crippen LogP contribution is 2.36. The van der Waals surface area contributed by atoms with E-state index in [1.54, 1.807) is 6.92 Å². The molecule has 0 radical (unpaired) electrons. The molecule has 0 aromatic heterocycles. The third-order valence-electron chi connectivity index (χ3n) is 2.46. The summed E-state index contributed by atoms with van der Waals surface area (Å²) in [5, 5.41) is 3.29. The van der Waals surface area contributed by atoms with Crippen LogP contribution in [0.25, 0.3) is 0 Å². The summed E-state index contributed by atoms with van der Waals surface area (Å²) in [6.07, 6.45) is 1.67. The fraction of sp³-hybridized carbons (Fsp3) is 0.385. The fourth-order valence-corrected chi connectivity index (χ4v) is 2.49. The predicted octanol–water partition coefficient (Wildman–Crippen LogP) is 2.29. The van der Waals surface area contributed by atoms with Gasteiger partial charge in [0, 0.05) is 12.6 Å². The second-order valence-corrected chi connectivity index (χ2v) is 6.14. The molecule has 1 aromatic rings. The molecule has 0 amide bonds. The topological polar surface area (TPSA) is 69.6 Å². The van der Waals surface area contributed by atoms with Gasteiger partial charge in [-0.25, -0.2) is 0 Å². The number of nitrogens with one attached hydrogen (secondary N) is 1. The summed E-state index contributed by atoms with van der Waals surface area (Å²) >= 11 is 0. The van der Waals surface area contributed by atoms with Crippen LogP contribution in [-0.4, -0.2) is 22.0 Å². The van der Waals surface area contributed by atoms with E-state index in [2.05, 4.69) is 5.32 Å². The quantitative estimate of drug-likeness (QED) is 0.547. The second kappa shape index (κ2) is 6.86. The van der Waals surface area contributed by atoms with E-state index in [0.717, 1.165) is 6.54 Å². The van der Waals surface area contributed by atoms with Crippen LogP contribution in [0.2, 0.25) is 0 Å². The molecule has 1 aromatic carbocycles. The predicted molar refractivity (Wildman–Crippen MR) is 73.4 cm³/mol. The van der Waals surface area contributed by atoms with Crippen molar-refractivity contribution in [3.63, 3.8) is 0 Å². The Morgan fingerprint density at radius 3 is 2.56 bits per heavy atom. The molecule has 0 bridgehead atoms. The van der Waals surface area contributed by atoms with Crippen molar-refractivity contribution in [2.45, 2.75) is 26.4 Å². The highest BCUT2D eigenvalue weighted by Gasteiger charge is 2.13. The first-order valence-corrected chi connectivity index (χ1v) is 7.66. The van der Waals surface area contributed by atoms with Crippen molar-refractivity contribution in [2.75, 3.05) is 6.16 Å². The zero-order valence-corrected chi connectivity index (χ0v) is 11.6. The molecule has 0 spiro atoms. The van der Waals surface area contributed by atoms with E-state index in [1.807, 2.05) is 43.3 Å². The second-order valence-electron chi connectivity index (χ2n) is 4.49. The lowest BCUT2D eigenvalue weighted by molar-refractivity contribution is 0.376. The number of benzene rings is 1. The third-order valence-corrected chi connectivity index (χ3v) is 3.37. The van der Waals surface area contributed by atoms with Gasteiger partial charge in [-0.2, -0.15) is 0 Å². The van der Waals surface area contributed by atoms with Gasteiger partial charge in [0.15, 0.2) is 0 Å². The van der Waals surface area contributed by atoms with Crippen molar-refractivity contribution in [1.29, 1.82) is 0 Å². The van der Waals surface area contributed by atoms with Crippen molar-refractivity contribution in [2.24, 2.45) is 0 Å². The summed E-state index contributed by atoms with van der Waals surface area (Å²) in [5.74, 6) is 0. The maximum atomic E-state index is 10.8. The average molecular weight is 269 g/mol. The van der Waals surface area contributed by atoms with Gasteiger partial charge >= 0.3 is 7.60 Å². The molecular weight excluding hydrogens is 249 g/mol. The molecule has 5 heteroatoms. The Hall–Kier alpha value is -0.930.